The van der Waals surface area contributed by atoms with Crippen LogP contribution >= 0.6 is 0 Å². The van der Waals surface area contributed by atoms with Gasteiger partial charge in [-0.3, -0.25) is 14.4 Å². The van der Waals surface area contributed by atoms with Crippen molar-refractivity contribution in [3.8, 4) is 0 Å². The molecule has 0 radical (unpaired) electrons. The minimum Gasteiger partial charge on any atom is -0.378 e. The highest BCUT2D eigenvalue weighted by Gasteiger charge is 2.46. The number of sulfone groups is 1. The highest BCUT2D eigenvalue weighted by atomic mass is 32.2. The van der Waals surface area contributed by atoms with E-state index in [1.165, 1.54) is 31.5 Å². The Morgan fingerprint density at radius 2 is 1.68 bits per heavy atom. The molecular weight excluding hydrogens is 697 g/mol. The molecule has 3 fully saturated rings. The first-order chi connectivity index (χ1) is 25.4. The largest absolute Gasteiger partial charge is 0.378 e. The molecule has 5 atom stereocenters. The minimum atomic E-state index is -4.20. The number of amides is 3. The van der Waals surface area contributed by atoms with Crippen molar-refractivity contribution in [2.45, 2.75) is 113 Å². The Bertz CT molecular complexity index is 1610. The maximum atomic E-state index is 14.3. The predicted octanol–water partition coefficient (Wildman–Crippen LogP) is 3.33. The molecule has 5 rings (SSSR count). The van der Waals surface area contributed by atoms with E-state index >= 15 is 0 Å². The number of H-pyrrole nitrogens is 1. The van der Waals surface area contributed by atoms with Crippen LogP contribution in [0.1, 0.15) is 82.9 Å². The van der Waals surface area contributed by atoms with Crippen LogP contribution in [0.15, 0.2) is 48.0 Å². The van der Waals surface area contributed by atoms with E-state index in [-0.39, 0.29) is 25.9 Å². The fourth-order valence-electron chi connectivity index (χ4n) is 7.70. The van der Waals surface area contributed by atoms with Gasteiger partial charge in [0.2, 0.25) is 17.7 Å². The van der Waals surface area contributed by atoms with E-state index in [0.717, 1.165) is 50.5 Å². The summed E-state index contributed by atoms with van der Waals surface area (Å²) in [6, 6.07) is 6.45. The van der Waals surface area contributed by atoms with Crippen LogP contribution in [0.3, 0.4) is 0 Å². The highest BCUT2D eigenvalue weighted by Crippen LogP contribution is 2.35. The molecule has 6 N–H and O–H groups in total. The molecule has 0 spiro atoms. The van der Waals surface area contributed by atoms with Crippen molar-refractivity contribution in [2.75, 3.05) is 32.1 Å². The summed E-state index contributed by atoms with van der Waals surface area (Å²) in [7, 11) is -4.20. The maximum absolute atomic E-state index is 14.3. The monoisotopic (exact) mass is 754 g/mol. The topological polar surface area (TPSA) is 213 Å². The van der Waals surface area contributed by atoms with Crippen molar-refractivity contribution in [1.29, 1.82) is 5.53 Å². The van der Waals surface area contributed by atoms with Gasteiger partial charge in [0.05, 0.1) is 42.9 Å². The lowest BCUT2D eigenvalue weighted by Gasteiger charge is -2.35. The zero-order chi connectivity index (χ0) is 38.0. The van der Waals surface area contributed by atoms with Crippen LogP contribution in [0, 0.1) is 23.3 Å². The number of hydrogen-bond acceptors (Lipinski definition) is 10. The van der Waals surface area contributed by atoms with Gasteiger partial charge in [-0.05, 0) is 50.5 Å². The number of benzene rings is 1. The molecule has 14 nitrogen and oxygen atoms in total. The van der Waals surface area contributed by atoms with E-state index < -0.39 is 68.1 Å². The zero-order valence-corrected chi connectivity index (χ0v) is 32.0. The second-order valence-corrected chi connectivity index (χ2v) is 18.3. The first kappa shape index (κ1) is 40.5. The predicted molar refractivity (Wildman–Crippen MR) is 200 cm³/mol. The molecule has 1 aromatic heterocycles. The van der Waals surface area contributed by atoms with Gasteiger partial charge in [0, 0.05) is 31.7 Å². The first-order valence-corrected chi connectivity index (χ1v) is 20.9. The first-order valence-electron chi connectivity index (χ1n) is 19.2. The van der Waals surface area contributed by atoms with Crippen molar-refractivity contribution in [3.63, 3.8) is 0 Å². The van der Waals surface area contributed by atoms with Gasteiger partial charge in [0.1, 0.15) is 16.8 Å². The fourth-order valence-corrected chi connectivity index (χ4v) is 9.31. The van der Waals surface area contributed by atoms with Gasteiger partial charge in [-0.1, -0.05) is 75.3 Å². The highest BCUT2D eigenvalue weighted by molar-refractivity contribution is 7.93. The fraction of sp³-hybridized carbons (Fsp3) is 0.684. The summed E-state index contributed by atoms with van der Waals surface area (Å²) in [4.78, 5) is 50.9. The third-order valence-corrected chi connectivity index (χ3v) is 13.8. The van der Waals surface area contributed by atoms with E-state index in [9.17, 15) is 22.8 Å². The van der Waals surface area contributed by atoms with Crippen molar-refractivity contribution in [2.24, 2.45) is 28.6 Å². The van der Waals surface area contributed by atoms with Gasteiger partial charge >= 0.3 is 0 Å². The third kappa shape index (κ3) is 11.2. The number of imidazole rings is 1. The van der Waals surface area contributed by atoms with Gasteiger partial charge in [-0.15, -0.1) is 0 Å². The summed E-state index contributed by atoms with van der Waals surface area (Å²) in [5.74, 6) is -2.48. The Hall–Kier alpha value is -3.69. The lowest BCUT2D eigenvalue weighted by molar-refractivity contribution is -0.137. The third-order valence-electron chi connectivity index (χ3n) is 11.3. The molecule has 2 saturated carbocycles. The Balaban J connectivity index is 1.39. The van der Waals surface area contributed by atoms with Crippen LogP contribution in [-0.2, 0) is 41.8 Å². The van der Waals surface area contributed by atoms with Gasteiger partial charge in [-0.2, -0.15) is 5.11 Å². The Morgan fingerprint density at radius 3 is 2.30 bits per heavy atom. The number of carbonyl (C=O) groups is 3. The number of rotatable bonds is 19. The summed E-state index contributed by atoms with van der Waals surface area (Å²) in [6.45, 7) is 4.00. The molecule has 1 saturated heterocycles. The number of carbonyl (C=O) groups excluding carboxylic acids is 3. The molecule has 0 bridgehead atoms. The van der Waals surface area contributed by atoms with Gasteiger partial charge < -0.3 is 31.0 Å². The number of hydrogen-bond donors (Lipinski definition) is 5. The SMILES string of the molecule is CC(C)(C(=O)N1CCOCC1)S(=O)(=O)C[C@@H](Cc1ccccc1)C(=O)N[C@@H](Cc1c[nH]cn1)C(=O)N[C@@H](CC1CCCCC1)[C@@H](N=N)[C@@H](N)CC1CC1. The van der Waals surface area contributed by atoms with Gasteiger partial charge in [0.25, 0.3) is 0 Å². The summed E-state index contributed by atoms with van der Waals surface area (Å²) >= 11 is 0. The second-order valence-electron chi connectivity index (χ2n) is 15.7. The molecule has 15 heteroatoms. The molecule has 3 amide bonds. The second kappa shape index (κ2) is 18.6. The standard InChI is InChI=1S/C38H58N8O6S/c1-38(2,37(49)46-15-17-52-18-16-46)53(50,51)24-29(19-26-9-5-3-6-10-26)35(47)44-33(22-30-23-41-25-42-30)36(48)43-32(21-27-11-7-4-8-12-27)34(45-40)31(39)20-28-13-14-28/h3,5-6,9-10,23,25,27-29,31-34,40H,4,7-8,11-22,24,39H2,1-2H3,(H,41,42)(H,43,48)(H,44,47)/t29-,31+,32+,33+,34+/m1/s1. The molecule has 2 aliphatic carbocycles. The molecule has 53 heavy (non-hydrogen) atoms. The molecule has 0 unspecified atom stereocenters. The molecule has 1 aromatic carbocycles. The number of nitrogens with two attached hydrogens (primary N) is 1. The van der Waals surface area contributed by atoms with Crippen molar-refractivity contribution in [1.82, 2.24) is 25.5 Å². The normalized spacial score (nSPS) is 20.1. The number of aromatic nitrogens is 2. The van der Waals surface area contributed by atoms with E-state index in [1.807, 2.05) is 30.3 Å². The Labute approximate surface area is 313 Å². The molecule has 2 heterocycles. The summed E-state index contributed by atoms with van der Waals surface area (Å²) in [6.07, 6.45) is 12.3. The maximum Gasteiger partial charge on any atom is 0.243 e. The van der Waals surface area contributed by atoms with Crippen molar-refractivity contribution in [3.05, 3.63) is 54.1 Å². The van der Waals surface area contributed by atoms with Gasteiger partial charge in [-0.25, -0.2) is 18.9 Å². The molecular formula is C38H58N8O6S. The Kier molecular flexibility index (Phi) is 14.2. The van der Waals surface area contributed by atoms with Crippen LogP contribution in [0.5, 0.6) is 0 Å². The number of nitrogens with zero attached hydrogens (tertiary/aromatic N) is 3. The smallest absolute Gasteiger partial charge is 0.243 e. The minimum absolute atomic E-state index is 0.0415. The van der Waals surface area contributed by atoms with Crippen LogP contribution in [0.2, 0.25) is 0 Å². The molecule has 1 aliphatic heterocycles. The van der Waals surface area contributed by atoms with E-state index in [1.54, 1.807) is 6.20 Å². The Morgan fingerprint density at radius 1 is 1.00 bits per heavy atom. The van der Waals surface area contributed by atoms with E-state index in [2.05, 4.69) is 25.7 Å². The summed E-state index contributed by atoms with van der Waals surface area (Å²) < 4.78 is 31.8. The van der Waals surface area contributed by atoms with Crippen LogP contribution < -0.4 is 16.4 Å². The molecule has 292 valence electrons. The summed E-state index contributed by atoms with van der Waals surface area (Å²) in [5.41, 5.74) is 16.1. The zero-order valence-electron chi connectivity index (χ0n) is 31.2. The number of nitrogens with one attached hydrogen (secondary N) is 4. The lowest BCUT2D eigenvalue weighted by atomic mass is 9.81. The van der Waals surface area contributed by atoms with Crippen LogP contribution in [0.25, 0.3) is 0 Å². The number of morpholine rings is 1. The average Bonchev–Trinajstić information content (AvgIpc) is 3.81. The van der Waals surface area contributed by atoms with Crippen LogP contribution in [-0.4, -0.2) is 102 Å². The quantitative estimate of drug-likeness (QED) is 0.134. The van der Waals surface area contributed by atoms with E-state index in [0.29, 0.717) is 37.2 Å². The molecule has 3 aliphatic rings. The number of aromatic amines is 1. The van der Waals surface area contributed by atoms with Crippen LogP contribution in [0.4, 0.5) is 0 Å². The lowest BCUT2D eigenvalue weighted by Crippen LogP contribution is -2.58. The van der Waals surface area contributed by atoms with E-state index in [4.69, 9.17) is 16.0 Å². The summed E-state index contributed by atoms with van der Waals surface area (Å²) in [5, 5.41) is 10.0. The average molecular weight is 755 g/mol. The number of ether oxygens (including phenoxy) is 1. The van der Waals surface area contributed by atoms with Crippen molar-refractivity contribution >= 4 is 27.6 Å². The molecule has 2 aromatic rings. The van der Waals surface area contributed by atoms with Gasteiger partial charge in [0.15, 0.2) is 9.84 Å². The van der Waals surface area contributed by atoms with Crippen molar-refractivity contribution < 1.29 is 27.5 Å².